The van der Waals surface area contributed by atoms with Gasteiger partial charge in [0.1, 0.15) is 5.75 Å². The van der Waals surface area contributed by atoms with Crippen LogP contribution in [0.2, 0.25) is 0 Å². The maximum Gasteiger partial charge on any atom is 0.119 e. The molecule has 0 radical (unpaired) electrons. The Morgan fingerprint density at radius 2 is 1.83 bits per heavy atom. The molecule has 1 aliphatic heterocycles. The molecule has 0 bridgehead atoms. The van der Waals surface area contributed by atoms with Crippen LogP contribution in [0, 0.1) is 0 Å². The third-order valence-corrected chi connectivity index (χ3v) is 3.89. The van der Waals surface area contributed by atoms with E-state index in [2.05, 4.69) is 34.9 Å². The Balaban J connectivity index is 1.54. The van der Waals surface area contributed by atoms with Gasteiger partial charge in [-0.1, -0.05) is 0 Å². The molecule has 3 nitrogen and oxygen atoms in total. The maximum absolute atomic E-state index is 5.96. The molecule has 0 amide bonds. The van der Waals surface area contributed by atoms with Crippen LogP contribution >= 0.6 is 0 Å². The lowest BCUT2D eigenvalue weighted by atomic mass is 10.2. The second-order valence-corrected chi connectivity index (χ2v) is 5.38. The van der Waals surface area contributed by atoms with Crippen LogP contribution in [0.25, 0.3) is 0 Å². The van der Waals surface area contributed by atoms with Crippen molar-refractivity contribution in [2.45, 2.75) is 44.2 Å². The number of nitrogens with one attached hydrogen (secondary N) is 2. The Kier molecular flexibility index (Phi) is 3.69. The van der Waals surface area contributed by atoms with Crippen LogP contribution in [0.4, 0.5) is 5.69 Å². The lowest BCUT2D eigenvalue weighted by Crippen LogP contribution is -2.21. The second-order valence-electron chi connectivity index (χ2n) is 5.38. The predicted molar refractivity (Wildman–Crippen MR) is 74.2 cm³/mol. The molecule has 1 unspecified atom stereocenters. The first-order valence-corrected chi connectivity index (χ1v) is 7.14. The summed E-state index contributed by atoms with van der Waals surface area (Å²) < 4.78 is 5.96. The summed E-state index contributed by atoms with van der Waals surface area (Å²) in [6.45, 7) is 2.20. The van der Waals surface area contributed by atoms with Crippen molar-refractivity contribution < 1.29 is 4.74 Å². The van der Waals surface area contributed by atoms with E-state index >= 15 is 0 Å². The Bertz CT molecular complexity index is 328. The van der Waals surface area contributed by atoms with E-state index in [4.69, 9.17) is 4.74 Å². The third kappa shape index (κ3) is 2.96. The fourth-order valence-electron chi connectivity index (χ4n) is 2.84. The topological polar surface area (TPSA) is 33.3 Å². The van der Waals surface area contributed by atoms with Crippen molar-refractivity contribution in [3.63, 3.8) is 0 Å². The average molecular weight is 246 g/mol. The van der Waals surface area contributed by atoms with Crippen molar-refractivity contribution in [1.29, 1.82) is 0 Å². The smallest absolute Gasteiger partial charge is 0.119 e. The van der Waals surface area contributed by atoms with Crippen molar-refractivity contribution in [3.05, 3.63) is 24.3 Å². The highest BCUT2D eigenvalue weighted by Gasteiger charge is 2.16. The molecule has 1 aliphatic carbocycles. The van der Waals surface area contributed by atoms with Crippen molar-refractivity contribution >= 4 is 5.69 Å². The second kappa shape index (κ2) is 5.61. The Morgan fingerprint density at radius 3 is 2.50 bits per heavy atom. The highest BCUT2D eigenvalue weighted by atomic mass is 16.5. The van der Waals surface area contributed by atoms with Gasteiger partial charge in [0.15, 0.2) is 0 Å². The zero-order valence-corrected chi connectivity index (χ0v) is 10.8. The Labute approximate surface area is 109 Å². The quantitative estimate of drug-likeness (QED) is 0.857. The van der Waals surface area contributed by atoms with Crippen LogP contribution in [0.3, 0.4) is 0 Å². The predicted octanol–water partition coefficient (Wildman–Crippen LogP) is 2.78. The van der Waals surface area contributed by atoms with Crippen LogP contribution in [0.15, 0.2) is 24.3 Å². The lowest BCUT2D eigenvalue weighted by Gasteiger charge is -2.15. The van der Waals surface area contributed by atoms with Gasteiger partial charge in [-0.15, -0.1) is 0 Å². The standard InChI is InChI=1S/C15H22N2O/c1-2-4-14(3-1)18-15-7-5-12(6-8-15)17-13-9-10-16-11-13/h5-8,13-14,16-17H,1-4,9-11H2. The number of hydrogen-bond donors (Lipinski definition) is 2. The van der Waals surface area contributed by atoms with E-state index in [0.717, 1.165) is 18.8 Å². The molecule has 2 N–H and O–H groups in total. The van der Waals surface area contributed by atoms with E-state index in [1.807, 2.05) is 0 Å². The fourth-order valence-corrected chi connectivity index (χ4v) is 2.84. The van der Waals surface area contributed by atoms with E-state index in [1.165, 1.54) is 37.8 Å². The first kappa shape index (κ1) is 11.8. The summed E-state index contributed by atoms with van der Waals surface area (Å²) in [5.74, 6) is 1.01. The van der Waals surface area contributed by atoms with Crippen molar-refractivity contribution in [2.24, 2.45) is 0 Å². The van der Waals surface area contributed by atoms with Gasteiger partial charge in [0.05, 0.1) is 6.10 Å². The molecule has 3 heteroatoms. The van der Waals surface area contributed by atoms with E-state index in [9.17, 15) is 0 Å². The lowest BCUT2D eigenvalue weighted by molar-refractivity contribution is 0.210. The molecule has 3 rings (SSSR count). The molecule has 0 spiro atoms. The first-order valence-electron chi connectivity index (χ1n) is 7.14. The summed E-state index contributed by atoms with van der Waals surface area (Å²) in [5.41, 5.74) is 1.20. The summed E-state index contributed by atoms with van der Waals surface area (Å²) in [6, 6.07) is 9.00. The van der Waals surface area contributed by atoms with E-state index in [-0.39, 0.29) is 0 Å². The molecule has 18 heavy (non-hydrogen) atoms. The molecule has 1 saturated heterocycles. The minimum absolute atomic E-state index is 0.447. The summed E-state index contributed by atoms with van der Waals surface area (Å²) in [4.78, 5) is 0. The van der Waals surface area contributed by atoms with Crippen molar-refractivity contribution in [2.75, 3.05) is 18.4 Å². The molecule has 1 aromatic carbocycles. The zero-order chi connectivity index (χ0) is 12.2. The molecule has 98 valence electrons. The third-order valence-electron chi connectivity index (χ3n) is 3.89. The summed E-state index contributed by atoms with van der Waals surface area (Å²) in [7, 11) is 0. The van der Waals surface area contributed by atoms with Gasteiger partial charge in [0, 0.05) is 18.3 Å². The Hall–Kier alpha value is -1.22. The fraction of sp³-hybridized carbons (Fsp3) is 0.600. The minimum atomic E-state index is 0.447. The minimum Gasteiger partial charge on any atom is -0.490 e. The number of benzene rings is 1. The van der Waals surface area contributed by atoms with Crippen LogP contribution in [-0.2, 0) is 0 Å². The molecule has 0 aromatic heterocycles. The van der Waals surface area contributed by atoms with Gasteiger partial charge < -0.3 is 15.4 Å². The molecule has 1 heterocycles. The van der Waals surface area contributed by atoms with Crippen molar-refractivity contribution in [1.82, 2.24) is 5.32 Å². The molecule has 1 saturated carbocycles. The number of hydrogen-bond acceptors (Lipinski definition) is 3. The van der Waals surface area contributed by atoms with E-state index < -0.39 is 0 Å². The van der Waals surface area contributed by atoms with E-state index in [1.54, 1.807) is 0 Å². The SMILES string of the molecule is c1cc(OC2CCCC2)ccc1NC1CCNC1. The zero-order valence-electron chi connectivity index (χ0n) is 10.8. The van der Waals surface area contributed by atoms with Gasteiger partial charge in [0.25, 0.3) is 0 Å². The summed E-state index contributed by atoms with van der Waals surface area (Å²) in [6.07, 6.45) is 6.72. The van der Waals surface area contributed by atoms with Crippen molar-refractivity contribution in [3.8, 4) is 5.75 Å². The molecule has 2 aliphatic rings. The normalized spacial score (nSPS) is 24.3. The van der Waals surface area contributed by atoms with Gasteiger partial charge in [-0.25, -0.2) is 0 Å². The Morgan fingerprint density at radius 1 is 1.06 bits per heavy atom. The van der Waals surface area contributed by atoms with Gasteiger partial charge >= 0.3 is 0 Å². The van der Waals surface area contributed by atoms with Crippen LogP contribution < -0.4 is 15.4 Å². The number of anilines is 1. The highest BCUT2D eigenvalue weighted by molar-refractivity contribution is 5.47. The highest BCUT2D eigenvalue weighted by Crippen LogP contribution is 2.25. The summed E-state index contributed by atoms with van der Waals surface area (Å²) >= 11 is 0. The first-order chi connectivity index (χ1) is 8.90. The molecular weight excluding hydrogens is 224 g/mol. The molecular formula is C15H22N2O. The largest absolute Gasteiger partial charge is 0.490 e. The molecule has 1 aromatic rings. The van der Waals surface area contributed by atoms with Gasteiger partial charge in [-0.3, -0.25) is 0 Å². The van der Waals surface area contributed by atoms with Crippen LogP contribution in [0.1, 0.15) is 32.1 Å². The van der Waals surface area contributed by atoms with Gasteiger partial charge in [-0.2, -0.15) is 0 Å². The monoisotopic (exact) mass is 246 g/mol. The summed E-state index contributed by atoms with van der Waals surface area (Å²) in [5, 5.41) is 6.91. The van der Waals surface area contributed by atoms with E-state index in [0.29, 0.717) is 12.1 Å². The van der Waals surface area contributed by atoms with Gasteiger partial charge in [0.2, 0.25) is 0 Å². The maximum atomic E-state index is 5.96. The van der Waals surface area contributed by atoms with Crippen LogP contribution in [0.5, 0.6) is 5.75 Å². The molecule has 2 fully saturated rings. The van der Waals surface area contributed by atoms with Gasteiger partial charge in [-0.05, 0) is 62.9 Å². The average Bonchev–Trinajstić information content (AvgIpc) is 3.05. The number of ether oxygens (including phenoxy) is 1. The number of rotatable bonds is 4. The van der Waals surface area contributed by atoms with Crippen LogP contribution in [-0.4, -0.2) is 25.2 Å². The molecule has 1 atom stereocenters.